The van der Waals surface area contributed by atoms with E-state index in [9.17, 15) is 25.0 Å². The van der Waals surface area contributed by atoms with E-state index >= 15 is 0 Å². The molecule has 0 atom stereocenters. The molecule has 2 rings (SSSR count). The van der Waals surface area contributed by atoms with Crippen LogP contribution in [0, 0.1) is 27.2 Å². The Kier molecular flexibility index (Phi) is 6.12. The zero-order chi connectivity index (χ0) is 21.2. The average molecular weight is 385 g/mol. The van der Waals surface area contributed by atoms with Crippen molar-refractivity contribution in [1.82, 2.24) is 0 Å². The quantitative estimate of drug-likeness (QED) is 0.534. The standard InChI is InChI=1S/C20H23N3O5/c1-11(2)15-7-6-8-16(12(3)4)19(15)21-20(24)14-9-17(22(25)26)13(5)18(10-14)23(27)28/h6-12H,1-5H3,(H,21,24). The number of benzene rings is 2. The number of carbonyl (C=O) groups excluding carboxylic acids is 1. The number of anilines is 1. The van der Waals surface area contributed by atoms with Crippen molar-refractivity contribution >= 4 is 23.0 Å². The zero-order valence-electron chi connectivity index (χ0n) is 16.5. The molecule has 2 aromatic carbocycles. The Morgan fingerprint density at radius 1 is 0.929 bits per heavy atom. The molecule has 0 aliphatic rings. The monoisotopic (exact) mass is 385 g/mol. The Morgan fingerprint density at radius 2 is 1.36 bits per heavy atom. The Hall–Kier alpha value is -3.29. The van der Waals surface area contributed by atoms with Crippen LogP contribution in [0.4, 0.5) is 17.1 Å². The first-order chi connectivity index (χ1) is 13.0. The van der Waals surface area contributed by atoms with Crippen molar-refractivity contribution in [2.75, 3.05) is 5.32 Å². The fraction of sp³-hybridized carbons (Fsp3) is 0.350. The first kappa shape index (κ1) is 21.0. The molecule has 148 valence electrons. The van der Waals surface area contributed by atoms with Crippen molar-refractivity contribution in [3.8, 4) is 0 Å². The number of nitrogens with zero attached hydrogens (tertiary/aromatic N) is 2. The summed E-state index contributed by atoms with van der Waals surface area (Å²) < 4.78 is 0. The molecule has 0 unspecified atom stereocenters. The van der Waals surface area contributed by atoms with Gasteiger partial charge in [-0.15, -0.1) is 0 Å². The Balaban J connectivity index is 2.58. The molecular formula is C20H23N3O5. The molecule has 0 radical (unpaired) electrons. The van der Waals surface area contributed by atoms with E-state index in [1.807, 2.05) is 45.9 Å². The number of nitrogens with one attached hydrogen (secondary N) is 1. The third-order valence-corrected chi connectivity index (χ3v) is 4.62. The highest BCUT2D eigenvalue weighted by molar-refractivity contribution is 6.06. The van der Waals surface area contributed by atoms with Crippen molar-refractivity contribution < 1.29 is 14.6 Å². The van der Waals surface area contributed by atoms with Crippen LogP contribution in [0.3, 0.4) is 0 Å². The molecule has 8 heteroatoms. The molecule has 0 bridgehead atoms. The normalized spacial score (nSPS) is 11.0. The van der Waals surface area contributed by atoms with Crippen LogP contribution in [0.25, 0.3) is 0 Å². The van der Waals surface area contributed by atoms with Crippen LogP contribution in [0.5, 0.6) is 0 Å². The highest BCUT2D eigenvalue weighted by Gasteiger charge is 2.26. The molecule has 0 spiro atoms. The third kappa shape index (κ3) is 4.16. The zero-order valence-corrected chi connectivity index (χ0v) is 16.5. The van der Waals surface area contributed by atoms with Gasteiger partial charge in [-0.25, -0.2) is 0 Å². The van der Waals surface area contributed by atoms with Crippen molar-refractivity contribution in [1.29, 1.82) is 0 Å². The molecule has 2 aromatic rings. The SMILES string of the molecule is Cc1c([N+](=O)[O-])cc(C(=O)Nc2c(C(C)C)cccc2C(C)C)cc1[N+](=O)[O-]. The number of carbonyl (C=O) groups is 1. The average Bonchev–Trinajstić information content (AvgIpc) is 2.60. The van der Waals surface area contributed by atoms with E-state index in [4.69, 9.17) is 0 Å². The lowest BCUT2D eigenvalue weighted by molar-refractivity contribution is -0.395. The number of hydrogen-bond acceptors (Lipinski definition) is 5. The summed E-state index contributed by atoms with van der Waals surface area (Å²) in [4.78, 5) is 34.0. The lowest BCUT2D eigenvalue weighted by Gasteiger charge is -2.20. The number of nitro benzene ring substituents is 2. The van der Waals surface area contributed by atoms with Crippen LogP contribution in [-0.2, 0) is 0 Å². The van der Waals surface area contributed by atoms with E-state index in [0.717, 1.165) is 23.3 Å². The maximum atomic E-state index is 12.9. The predicted molar refractivity (Wildman–Crippen MR) is 107 cm³/mol. The number of amides is 1. The first-order valence-electron chi connectivity index (χ1n) is 8.92. The van der Waals surface area contributed by atoms with Gasteiger partial charge in [-0.05, 0) is 29.9 Å². The second-order valence-corrected chi connectivity index (χ2v) is 7.23. The molecule has 1 amide bonds. The van der Waals surface area contributed by atoms with Gasteiger partial charge in [0.25, 0.3) is 17.3 Å². The fourth-order valence-corrected chi connectivity index (χ4v) is 3.08. The van der Waals surface area contributed by atoms with Gasteiger partial charge < -0.3 is 5.32 Å². The summed E-state index contributed by atoms with van der Waals surface area (Å²) in [7, 11) is 0. The molecule has 0 saturated heterocycles. The Morgan fingerprint density at radius 3 is 1.71 bits per heavy atom. The van der Waals surface area contributed by atoms with E-state index in [-0.39, 0.29) is 23.0 Å². The van der Waals surface area contributed by atoms with Gasteiger partial charge in [-0.2, -0.15) is 0 Å². The molecule has 8 nitrogen and oxygen atoms in total. The number of para-hydroxylation sites is 1. The van der Waals surface area contributed by atoms with Gasteiger partial charge in [0.05, 0.1) is 15.4 Å². The topological polar surface area (TPSA) is 115 Å². The van der Waals surface area contributed by atoms with Crippen LogP contribution in [-0.4, -0.2) is 15.8 Å². The lowest BCUT2D eigenvalue weighted by atomic mass is 9.92. The van der Waals surface area contributed by atoms with Crippen LogP contribution in [0.1, 0.15) is 66.6 Å². The second kappa shape index (κ2) is 8.16. The van der Waals surface area contributed by atoms with Gasteiger partial charge in [0.1, 0.15) is 5.56 Å². The van der Waals surface area contributed by atoms with Gasteiger partial charge in [0.15, 0.2) is 0 Å². The van der Waals surface area contributed by atoms with Gasteiger partial charge >= 0.3 is 0 Å². The largest absolute Gasteiger partial charge is 0.321 e. The summed E-state index contributed by atoms with van der Waals surface area (Å²) in [5.41, 5.74) is 1.37. The minimum absolute atomic E-state index is 0.0861. The van der Waals surface area contributed by atoms with Crippen LogP contribution >= 0.6 is 0 Å². The minimum atomic E-state index is -0.722. The van der Waals surface area contributed by atoms with Gasteiger partial charge in [0.2, 0.25) is 0 Å². The summed E-state index contributed by atoms with van der Waals surface area (Å²) in [6.45, 7) is 9.28. The third-order valence-electron chi connectivity index (χ3n) is 4.62. The van der Waals surface area contributed by atoms with Crippen LogP contribution < -0.4 is 5.32 Å². The van der Waals surface area contributed by atoms with Gasteiger partial charge in [-0.3, -0.25) is 25.0 Å². The minimum Gasteiger partial charge on any atom is -0.321 e. The summed E-state index contributed by atoms with van der Waals surface area (Å²) in [5.74, 6) is -0.354. The number of nitro groups is 2. The number of hydrogen-bond donors (Lipinski definition) is 1. The fourth-order valence-electron chi connectivity index (χ4n) is 3.08. The Labute approximate surface area is 162 Å². The van der Waals surface area contributed by atoms with Gasteiger partial charge in [-0.1, -0.05) is 45.9 Å². The molecule has 0 heterocycles. The van der Waals surface area contributed by atoms with Crippen molar-refractivity contribution in [2.45, 2.75) is 46.5 Å². The van der Waals surface area contributed by atoms with Crippen LogP contribution in [0.15, 0.2) is 30.3 Å². The van der Waals surface area contributed by atoms with E-state index in [1.54, 1.807) is 0 Å². The summed E-state index contributed by atoms with van der Waals surface area (Å²) in [6, 6.07) is 7.88. The van der Waals surface area contributed by atoms with Crippen LogP contribution in [0.2, 0.25) is 0 Å². The van der Waals surface area contributed by atoms with Crippen molar-refractivity contribution in [3.63, 3.8) is 0 Å². The number of rotatable bonds is 6. The van der Waals surface area contributed by atoms with E-state index in [0.29, 0.717) is 5.69 Å². The molecule has 0 aliphatic heterocycles. The molecular weight excluding hydrogens is 362 g/mol. The molecule has 0 fully saturated rings. The highest BCUT2D eigenvalue weighted by atomic mass is 16.6. The summed E-state index contributed by atoms with van der Waals surface area (Å²) >= 11 is 0. The van der Waals surface area contributed by atoms with Gasteiger partial charge in [0, 0.05) is 17.8 Å². The summed E-state index contributed by atoms with van der Waals surface area (Å²) in [5, 5.41) is 25.4. The molecule has 0 aliphatic carbocycles. The maximum Gasteiger partial charge on any atom is 0.279 e. The molecule has 1 N–H and O–H groups in total. The maximum absolute atomic E-state index is 12.9. The molecule has 0 aromatic heterocycles. The molecule has 0 saturated carbocycles. The van der Waals surface area contributed by atoms with Crippen molar-refractivity contribution in [3.05, 3.63) is 72.8 Å². The first-order valence-corrected chi connectivity index (χ1v) is 8.92. The van der Waals surface area contributed by atoms with E-state index < -0.39 is 27.1 Å². The Bertz CT molecular complexity index is 890. The highest BCUT2D eigenvalue weighted by Crippen LogP contribution is 2.34. The van der Waals surface area contributed by atoms with E-state index in [1.165, 1.54) is 6.92 Å². The smallest absolute Gasteiger partial charge is 0.279 e. The van der Waals surface area contributed by atoms with E-state index in [2.05, 4.69) is 5.32 Å². The van der Waals surface area contributed by atoms with Crippen molar-refractivity contribution in [2.24, 2.45) is 0 Å². The lowest BCUT2D eigenvalue weighted by Crippen LogP contribution is -2.16. The predicted octanol–water partition coefficient (Wildman–Crippen LogP) is 5.31. The summed E-state index contributed by atoms with van der Waals surface area (Å²) in [6.07, 6.45) is 0. The second-order valence-electron chi connectivity index (χ2n) is 7.23. The molecule has 28 heavy (non-hydrogen) atoms.